The SMILES string of the molecule is O=C(CNC(=O)c1c(F)cccc1Cl)N/N=C/c1ccc(Br)cc1. The molecule has 2 aromatic carbocycles. The van der Waals surface area contributed by atoms with Gasteiger partial charge in [0.2, 0.25) is 0 Å². The van der Waals surface area contributed by atoms with Gasteiger partial charge in [-0.25, -0.2) is 9.82 Å². The van der Waals surface area contributed by atoms with E-state index in [1.54, 1.807) is 0 Å². The lowest BCUT2D eigenvalue weighted by atomic mass is 10.2. The minimum atomic E-state index is -0.773. The number of carbonyl (C=O) groups is 2. The molecule has 8 heteroatoms. The number of carbonyl (C=O) groups excluding carboxylic acids is 2. The molecule has 0 spiro atoms. The molecule has 124 valence electrons. The largest absolute Gasteiger partial charge is 0.343 e. The molecule has 24 heavy (non-hydrogen) atoms. The van der Waals surface area contributed by atoms with Crippen molar-refractivity contribution in [2.45, 2.75) is 0 Å². The van der Waals surface area contributed by atoms with Crippen LogP contribution in [0.3, 0.4) is 0 Å². The first-order valence-corrected chi connectivity index (χ1v) is 7.94. The molecule has 2 N–H and O–H groups in total. The average Bonchev–Trinajstić information content (AvgIpc) is 2.54. The van der Waals surface area contributed by atoms with E-state index in [-0.39, 0.29) is 17.1 Å². The first kappa shape index (κ1) is 18.1. The minimum Gasteiger partial charge on any atom is -0.343 e. The van der Waals surface area contributed by atoms with Crippen LogP contribution in [-0.4, -0.2) is 24.6 Å². The molecule has 0 aliphatic heterocycles. The second-order valence-corrected chi connectivity index (χ2v) is 5.95. The molecule has 0 aliphatic carbocycles. The summed E-state index contributed by atoms with van der Waals surface area (Å²) < 4.78 is 14.5. The van der Waals surface area contributed by atoms with E-state index < -0.39 is 17.6 Å². The maximum atomic E-state index is 13.6. The molecule has 0 radical (unpaired) electrons. The molecule has 5 nitrogen and oxygen atoms in total. The van der Waals surface area contributed by atoms with Crippen molar-refractivity contribution >= 4 is 45.6 Å². The predicted octanol–water partition coefficient (Wildman–Crippen LogP) is 3.12. The molecular weight excluding hydrogens is 401 g/mol. The maximum absolute atomic E-state index is 13.6. The fourth-order valence-corrected chi connectivity index (χ4v) is 2.24. The van der Waals surface area contributed by atoms with Gasteiger partial charge in [-0.2, -0.15) is 5.10 Å². The Morgan fingerprint density at radius 2 is 1.92 bits per heavy atom. The van der Waals surface area contributed by atoms with Crippen molar-refractivity contribution in [3.63, 3.8) is 0 Å². The lowest BCUT2D eigenvalue weighted by Gasteiger charge is -2.06. The van der Waals surface area contributed by atoms with Crippen molar-refractivity contribution in [3.8, 4) is 0 Å². The highest BCUT2D eigenvalue weighted by atomic mass is 79.9. The van der Waals surface area contributed by atoms with E-state index in [0.717, 1.165) is 16.1 Å². The van der Waals surface area contributed by atoms with Crippen LogP contribution in [0.15, 0.2) is 52.0 Å². The van der Waals surface area contributed by atoms with Gasteiger partial charge < -0.3 is 5.32 Å². The zero-order chi connectivity index (χ0) is 17.5. The highest BCUT2D eigenvalue weighted by Crippen LogP contribution is 2.18. The first-order chi connectivity index (χ1) is 11.5. The van der Waals surface area contributed by atoms with Crippen LogP contribution in [0.4, 0.5) is 4.39 Å². The number of amides is 2. The van der Waals surface area contributed by atoms with Crippen LogP contribution in [0.25, 0.3) is 0 Å². The molecule has 0 fully saturated rings. The Hall–Kier alpha value is -2.25. The zero-order valence-electron chi connectivity index (χ0n) is 12.2. The summed E-state index contributed by atoms with van der Waals surface area (Å²) in [5.74, 6) is -2.08. The number of hydrazone groups is 1. The number of benzene rings is 2. The van der Waals surface area contributed by atoms with Crippen molar-refractivity contribution in [2.75, 3.05) is 6.54 Å². The predicted molar refractivity (Wildman–Crippen MR) is 93.6 cm³/mol. The van der Waals surface area contributed by atoms with Gasteiger partial charge in [0, 0.05) is 4.47 Å². The van der Waals surface area contributed by atoms with Gasteiger partial charge in [-0.05, 0) is 29.8 Å². The van der Waals surface area contributed by atoms with Crippen molar-refractivity contribution in [1.82, 2.24) is 10.7 Å². The third-order valence-electron chi connectivity index (χ3n) is 2.87. The van der Waals surface area contributed by atoms with Crippen LogP contribution in [0.2, 0.25) is 5.02 Å². The summed E-state index contributed by atoms with van der Waals surface area (Å²) in [5.41, 5.74) is 2.75. The molecule has 2 rings (SSSR count). The second-order valence-electron chi connectivity index (χ2n) is 4.62. The number of hydrogen-bond acceptors (Lipinski definition) is 3. The van der Waals surface area contributed by atoms with E-state index in [0.29, 0.717) is 0 Å². The Kier molecular flexibility index (Phi) is 6.45. The smallest absolute Gasteiger partial charge is 0.259 e. The number of hydrogen-bond donors (Lipinski definition) is 2. The Bertz CT molecular complexity index is 761. The van der Waals surface area contributed by atoms with Crippen molar-refractivity contribution in [2.24, 2.45) is 5.10 Å². The maximum Gasteiger partial charge on any atom is 0.259 e. The molecule has 0 saturated carbocycles. The Morgan fingerprint density at radius 1 is 1.21 bits per heavy atom. The molecule has 0 unspecified atom stereocenters. The van der Waals surface area contributed by atoms with Crippen LogP contribution in [0.5, 0.6) is 0 Å². The van der Waals surface area contributed by atoms with Gasteiger partial charge in [0.05, 0.1) is 23.3 Å². The molecule has 0 heterocycles. The third-order valence-corrected chi connectivity index (χ3v) is 3.72. The normalized spacial score (nSPS) is 10.6. The summed E-state index contributed by atoms with van der Waals surface area (Å²) in [4.78, 5) is 23.5. The molecule has 0 aromatic heterocycles. The molecule has 0 bridgehead atoms. The van der Waals surface area contributed by atoms with Crippen molar-refractivity contribution < 1.29 is 14.0 Å². The van der Waals surface area contributed by atoms with Crippen LogP contribution >= 0.6 is 27.5 Å². The quantitative estimate of drug-likeness (QED) is 0.585. The topological polar surface area (TPSA) is 70.6 Å². The Balaban J connectivity index is 1.85. The van der Waals surface area contributed by atoms with Gasteiger partial charge in [-0.3, -0.25) is 9.59 Å². The number of rotatable bonds is 5. The number of nitrogens with one attached hydrogen (secondary N) is 2. The zero-order valence-corrected chi connectivity index (χ0v) is 14.6. The highest BCUT2D eigenvalue weighted by Gasteiger charge is 2.16. The third kappa shape index (κ3) is 5.14. The van der Waals surface area contributed by atoms with E-state index in [1.165, 1.54) is 18.3 Å². The highest BCUT2D eigenvalue weighted by molar-refractivity contribution is 9.10. The Morgan fingerprint density at radius 3 is 2.58 bits per heavy atom. The molecule has 0 aliphatic rings. The minimum absolute atomic E-state index is 0.0267. The monoisotopic (exact) mass is 411 g/mol. The fourth-order valence-electron chi connectivity index (χ4n) is 1.73. The van der Waals surface area contributed by atoms with Crippen LogP contribution in [-0.2, 0) is 4.79 Å². The Labute approximate surface area is 151 Å². The summed E-state index contributed by atoms with van der Waals surface area (Å²) >= 11 is 9.08. The van der Waals surface area contributed by atoms with Crippen LogP contribution in [0.1, 0.15) is 15.9 Å². The molecule has 2 amide bonds. The van der Waals surface area contributed by atoms with Gasteiger partial charge in [0.1, 0.15) is 5.82 Å². The summed E-state index contributed by atoms with van der Waals surface area (Å²) in [6.45, 7) is -0.360. The summed E-state index contributed by atoms with van der Waals surface area (Å²) in [7, 11) is 0. The van der Waals surface area contributed by atoms with E-state index in [2.05, 4.69) is 31.8 Å². The van der Waals surface area contributed by atoms with Gasteiger partial charge in [-0.15, -0.1) is 0 Å². The first-order valence-electron chi connectivity index (χ1n) is 6.77. The van der Waals surface area contributed by atoms with Crippen LogP contribution in [0, 0.1) is 5.82 Å². The van der Waals surface area contributed by atoms with Crippen molar-refractivity contribution in [3.05, 3.63) is 68.9 Å². The van der Waals surface area contributed by atoms with Crippen LogP contribution < -0.4 is 10.7 Å². The number of halogens is 3. The van der Waals surface area contributed by atoms with Gasteiger partial charge in [0.15, 0.2) is 0 Å². The van der Waals surface area contributed by atoms with E-state index in [4.69, 9.17) is 11.6 Å². The lowest BCUT2D eigenvalue weighted by molar-refractivity contribution is -0.120. The summed E-state index contributed by atoms with van der Waals surface area (Å²) in [6.07, 6.45) is 1.46. The fraction of sp³-hybridized carbons (Fsp3) is 0.0625. The lowest BCUT2D eigenvalue weighted by Crippen LogP contribution is -2.35. The van der Waals surface area contributed by atoms with E-state index >= 15 is 0 Å². The van der Waals surface area contributed by atoms with Gasteiger partial charge >= 0.3 is 0 Å². The van der Waals surface area contributed by atoms with E-state index in [9.17, 15) is 14.0 Å². The standard InChI is InChI=1S/C16H12BrClFN3O2/c17-11-6-4-10(5-7-11)8-21-22-14(23)9-20-16(24)15-12(18)2-1-3-13(15)19/h1-8H,9H2,(H,20,24)(H,22,23)/b21-8+. The van der Waals surface area contributed by atoms with Crippen molar-refractivity contribution in [1.29, 1.82) is 0 Å². The summed E-state index contributed by atoms with van der Waals surface area (Å²) in [6, 6.07) is 11.2. The molecular formula is C16H12BrClFN3O2. The van der Waals surface area contributed by atoms with Gasteiger partial charge in [0.25, 0.3) is 11.8 Å². The average molecular weight is 413 g/mol. The molecule has 0 atom stereocenters. The number of nitrogens with zero attached hydrogens (tertiary/aromatic N) is 1. The summed E-state index contributed by atoms with van der Waals surface area (Å²) in [5, 5.41) is 6.02. The molecule has 0 saturated heterocycles. The molecule has 2 aromatic rings. The van der Waals surface area contributed by atoms with Gasteiger partial charge in [-0.1, -0.05) is 45.7 Å². The van der Waals surface area contributed by atoms with E-state index in [1.807, 2.05) is 24.3 Å². The second kappa shape index (κ2) is 8.56.